The summed E-state index contributed by atoms with van der Waals surface area (Å²) in [6.45, 7) is 1.82. The van der Waals surface area contributed by atoms with Crippen LogP contribution in [0.1, 0.15) is 23.3 Å². The standard InChI is InChI=1S/C16H17N7OS/c17-15(24)11-9-23-12(6-20-14(23)7-19-11)16-18-4-3-13(21-16)22-5-1-2-10(25)8-22/h3-4,6-7,9-10,25H,1-2,5,8H2,(H2,17,24). The van der Waals surface area contributed by atoms with Crippen LogP contribution in [0.4, 0.5) is 5.82 Å². The first-order chi connectivity index (χ1) is 12.1. The number of nitrogens with two attached hydrogens (primary N) is 1. The Labute approximate surface area is 149 Å². The minimum absolute atomic E-state index is 0.164. The second-order valence-corrected chi connectivity index (χ2v) is 6.72. The molecule has 9 heteroatoms. The van der Waals surface area contributed by atoms with E-state index in [2.05, 4.69) is 37.5 Å². The van der Waals surface area contributed by atoms with Gasteiger partial charge in [0.05, 0.1) is 12.4 Å². The lowest BCUT2D eigenvalue weighted by atomic mass is 10.1. The zero-order valence-corrected chi connectivity index (χ0v) is 14.3. The first-order valence-electron chi connectivity index (χ1n) is 8.01. The number of primary amides is 1. The number of hydrogen-bond acceptors (Lipinski definition) is 7. The van der Waals surface area contributed by atoms with Crippen LogP contribution in [0.5, 0.6) is 0 Å². The van der Waals surface area contributed by atoms with Crippen LogP contribution in [-0.4, -0.2) is 48.6 Å². The van der Waals surface area contributed by atoms with Crippen molar-refractivity contribution in [3.8, 4) is 11.5 Å². The van der Waals surface area contributed by atoms with Gasteiger partial charge in [-0.25, -0.2) is 19.9 Å². The highest BCUT2D eigenvalue weighted by atomic mass is 32.1. The number of fused-ring (bicyclic) bond motifs is 1. The molecule has 4 heterocycles. The monoisotopic (exact) mass is 355 g/mol. The predicted molar refractivity (Wildman–Crippen MR) is 96.8 cm³/mol. The van der Waals surface area contributed by atoms with Crippen molar-refractivity contribution < 1.29 is 4.79 Å². The van der Waals surface area contributed by atoms with Crippen molar-refractivity contribution in [2.45, 2.75) is 18.1 Å². The zero-order valence-electron chi connectivity index (χ0n) is 13.4. The molecule has 1 aliphatic rings. The van der Waals surface area contributed by atoms with Gasteiger partial charge in [-0.15, -0.1) is 0 Å². The second-order valence-electron chi connectivity index (χ2n) is 5.99. The number of hydrogen-bond donors (Lipinski definition) is 2. The zero-order chi connectivity index (χ0) is 17.4. The van der Waals surface area contributed by atoms with Crippen molar-refractivity contribution in [3.05, 3.63) is 36.5 Å². The molecule has 0 aromatic carbocycles. The summed E-state index contributed by atoms with van der Waals surface area (Å²) in [6, 6.07) is 1.90. The molecule has 0 spiro atoms. The lowest BCUT2D eigenvalue weighted by molar-refractivity contribution is 0.0995. The number of imidazole rings is 1. The third kappa shape index (κ3) is 3.02. The normalized spacial score (nSPS) is 17.8. The molecular weight excluding hydrogens is 338 g/mol. The van der Waals surface area contributed by atoms with Crippen molar-refractivity contribution in [1.82, 2.24) is 24.3 Å². The van der Waals surface area contributed by atoms with Gasteiger partial charge in [-0.3, -0.25) is 9.20 Å². The van der Waals surface area contributed by atoms with Gasteiger partial charge in [0.1, 0.15) is 17.2 Å². The molecule has 1 saturated heterocycles. The summed E-state index contributed by atoms with van der Waals surface area (Å²) in [6.07, 6.45) is 8.67. The quantitative estimate of drug-likeness (QED) is 0.684. The Morgan fingerprint density at radius 2 is 2.16 bits per heavy atom. The minimum Gasteiger partial charge on any atom is -0.364 e. The van der Waals surface area contributed by atoms with Gasteiger partial charge in [0.15, 0.2) is 11.5 Å². The fourth-order valence-electron chi connectivity index (χ4n) is 2.99. The molecule has 4 rings (SSSR count). The number of carbonyl (C=O) groups is 1. The van der Waals surface area contributed by atoms with Crippen molar-refractivity contribution in [1.29, 1.82) is 0 Å². The highest BCUT2D eigenvalue weighted by Gasteiger charge is 2.19. The largest absolute Gasteiger partial charge is 0.364 e. The molecule has 1 unspecified atom stereocenters. The molecular formula is C16H17N7OS. The van der Waals surface area contributed by atoms with Gasteiger partial charge >= 0.3 is 0 Å². The van der Waals surface area contributed by atoms with Crippen LogP contribution in [-0.2, 0) is 0 Å². The van der Waals surface area contributed by atoms with Crippen LogP contribution in [0.25, 0.3) is 17.2 Å². The summed E-state index contributed by atoms with van der Waals surface area (Å²) < 4.78 is 1.73. The van der Waals surface area contributed by atoms with Crippen molar-refractivity contribution in [2.75, 3.05) is 18.0 Å². The van der Waals surface area contributed by atoms with E-state index in [4.69, 9.17) is 5.73 Å². The van der Waals surface area contributed by atoms with Crippen molar-refractivity contribution in [2.24, 2.45) is 5.73 Å². The van der Waals surface area contributed by atoms with E-state index in [-0.39, 0.29) is 5.69 Å². The third-order valence-electron chi connectivity index (χ3n) is 4.24. The van der Waals surface area contributed by atoms with Crippen LogP contribution in [0.15, 0.2) is 30.9 Å². The number of thiol groups is 1. The maximum absolute atomic E-state index is 11.4. The number of anilines is 1. The molecule has 0 saturated carbocycles. The second kappa shape index (κ2) is 6.32. The Morgan fingerprint density at radius 1 is 1.28 bits per heavy atom. The average molecular weight is 355 g/mol. The van der Waals surface area contributed by atoms with Crippen LogP contribution in [0, 0.1) is 0 Å². The van der Waals surface area contributed by atoms with Gasteiger partial charge in [0.2, 0.25) is 0 Å². The number of rotatable bonds is 3. The smallest absolute Gasteiger partial charge is 0.268 e. The van der Waals surface area contributed by atoms with Gasteiger partial charge in [-0.05, 0) is 18.9 Å². The summed E-state index contributed by atoms with van der Waals surface area (Å²) >= 11 is 4.59. The molecule has 8 nitrogen and oxygen atoms in total. The molecule has 0 radical (unpaired) electrons. The lowest BCUT2D eigenvalue weighted by Crippen LogP contribution is -2.36. The number of nitrogens with zero attached hydrogens (tertiary/aromatic N) is 6. The van der Waals surface area contributed by atoms with E-state index in [1.165, 1.54) is 6.20 Å². The molecule has 25 heavy (non-hydrogen) atoms. The first kappa shape index (κ1) is 15.8. The summed E-state index contributed by atoms with van der Waals surface area (Å²) in [5.41, 5.74) is 6.76. The minimum atomic E-state index is -0.593. The Hall–Kier alpha value is -2.68. The third-order valence-corrected chi connectivity index (χ3v) is 4.66. The van der Waals surface area contributed by atoms with E-state index >= 15 is 0 Å². The van der Waals surface area contributed by atoms with Crippen molar-refractivity contribution >= 4 is 30.0 Å². The van der Waals surface area contributed by atoms with Crippen LogP contribution < -0.4 is 10.6 Å². The fraction of sp³-hybridized carbons (Fsp3) is 0.312. The molecule has 1 fully saturated rings. The molecule has 1 amide bonds. The maximum atomic E-state index is 11.4. The summed E-state index contributed by atoms with van der Waals surface area (Å²) in [5, 5.41) is 0.354. The summed E-state index contributed by atoms with van der Waals surface area (Å²) in [5.74, 6) is 0.806. The van der Waals surface area contributed by atoms with Gasteiger partial charge in [-0.1, -0.05) is 0 Å². The number of aromatic nitrogens is 5. The molecule has 3 aromatic rings. The predicted octanol–water partition coefficient (Wildman–Crippen LogP) is 1.18. The number of carbonyl (C=O) groups excluding carboxylic acids is 1. The maximum Gasteiger partial charge on any atom is 0.268 e. The Morgan fingerprint density at radius 3 is 2.96 bits per heavy atom. The highest BCUT2D eigenvalue weighted by molar-refractivity contribution is 7.81. The van der Waals surface area contributed by atoms with Gasteiger partial charge in [0, 0.05) is 30.7 Å². The number of amides is 1. The Bertz CT molecular complexity index is 941. The molecule has 1 atom stereocenters. The van der Waals surface area contributed by atoms with Crippen LogP contribution in [0.3, 0.4) is 0 Å². The topological polar surface area (TPSA) is 102 Å². The molecule has 2 N–H and O–H groups in total. The van der Waals surface area contributed by atoms with Crippen LogP contribution in [0.2, 0.25) is 0 Å². The van der Waals surface area contributed by atoms with Gasteiger partial charge in [-0.2, -0.15) is 12.6 Å². The molecule has 3 aromatic heterocycles. The molecule has 0 aliphatic carbocycles. The Kier molecular flexibility index (Phi) is 4.00. The van der Waals surface area contributed by atoms with E-state index in [1.807, 2.05) is 6.07 Å². The van der Waals surface area contributed by atoms with E-state index in [9.17, 15) is 4.79 Å². The van der Waals surface area contributed by atoms with E-state index in [0.717, 1.165) is 31.7 Å². The molecule has 0 bridgehead atoms. The Balaban J connectivity index is 1.75. The van der Waals surface area contributed by atoms with E-state index in [1.54, 1.807) is 23.0 Å². The van der Waals surface area contributed by atoms with E-state index < -0.39 is 5.91 Å². The summed E-state index contributed by atoms with van der Waals surface area (Å²) in [4.78, 5) is 30.9. The van der Waals surface area contributed by atoms with Crippen LogP contribution >= 0.6 is 12.6 Å². The summed E-state index contributed by atoms with van der Waals surface area (Å²) in [7, 11) is 0. The highest BCUT2D eigenvalue weighted by Crippen LogP contribution is 2.23. The average Bonchev–Trinajstić information content (AvgIpc) is 3.05. The van der Waals surface area contributed by atoms with Gasteiger partial charge < -0.3 is 10.6 Å². The SMILES string of the molecule is NC(=O)c1cn2c(-c3nccc(N4CCCC(S)C4)n3)cnc2cn1. The lowest BCUT2D eigenvalue weighted by Gasteiger charge is -2.31. The van der Waals surface area contributed by atoms with Crippen molar-refractivity contribution in [3.63, 3.8) is 0 Å². The molecule has 1 aliphatic heterocycles. The number of piperidine rings is 1. The van der Waals surface area contributed by atoms with Gasteiger partial charge in [0.25, 0.3) is 5.91 Å². The first-order valence-corrected chi connectivity index (χ1v) is 8.53. The fourth-order valence-corrected chi connectivity index (χ4v) is 3.37. The molecule has 128 valence electrons. The van der Waals surface area contributed by atoms with E-state index in [0.29, 0.717) is 22.4 Å².